The lowest BCUT2D eigenvalue weighted by Crippen LogP contribution is -2.38. The van der Waals surface area contributed by atoms with Crippen LogP contribution in [0.4, 0.5) is 4.39 Å². The second-order valence-corrected chi connectivity index (χ2v) is 8.80. The molecule has 4 heterocycles. The van der Waals surface area contributed by atoms with E-state index in [0.717, 1.165) is 48.2 Å². The first-order chi connectivity index (χ1) is 14.7. The highest BCUT2D eigenvalue weighted by Gasteiger charge is 2.47. The van der Waals surface area contributed by atoms with Crippen LogP contribution >= 0.6 is 0 Å². The Hall–Kier alpha value is -2.95. The van der Waals surface area contributed by atoms with Gasteiger partial charge in [-0.2, -0.15) is 0 Å². The molecule has 2 saturated heterocycles. The molecule has 4 nitrogen and oxygen atoms in total. The van der Waals surface area contributed by atoms with Gasteiger partial charge in [0, 0.05) is 36.5 Å². The van der Waals surface area contributed by atoms with Crippen molar-refractivity contribution in [2.45, 2.75) is 56.1 Å². The molecule has 2 aromatic carbocycles. The number of benzene rings is 2. The number of hydrogen-bond donors (Lipinski definition) is 0. The summed E-state index contributed by atoms with van der Waals surface area (Å²) in [6.07, 6.45) is 9.49. The van der Waals surface area contributed by atoms with Crippen molar-refractivity contribution in [3.8, 4) is 11.4 Å². The molecule has 0 spiro atoms. The highest BCUT2D eigenvalue weighted by Crippen LogP contribution is 2.50. The van der Waals surface area contributed by atoms with Crippen molar-refractivity contribution >= 4 is 5.91 Å². The van der Waals surface area contributed by atoms with Gasteiger partial charge in [-0.1, -0.05) is 36.4 Å². The molecule has 1 atom stereocenters. The van der Waals surface area contributed by atoms with Gasteiger partial charge in [-0.25, -0.2) is 9.37 Å². The molecule has 0 radical (unpaired) electrons. The Kier molecular flexibility index (Phi) is 3.89. The number of rotatable bonds is 4. The summed E-state index contributed by atoms with van der Waals surface area (Å²) >= 11 is 0. The fourth-order valence-corrected chi connectivity index (χ4v) is 6.14. The smallest absolute Gasteiger partial charge is 0.223 e. The zero-order valence-corrected chi connectivity index (χ0v) is 16.8. The normalized spacial score (nSPS) is 26.1. The van der Waals surface area contributed by atoms with Crippen molar-refractivity contribution in [1.29, 1.82) is 0 Å². The first kappa shape index (κ1) is 17.9. The molecule has 0 N–H and O–H groups in total. The van der Waals surface area contributed by atoms with Gasteiger partial charge in [-0.3, -0.25) is 4.79 Å². The van der Waals surface area contributed by atoms with E-state index in [1.165, 1.54) is 12.1 Å². The van der Waals surface area contributed by atoms with E-state index >= 15 is 0 Å². The van der Waals surface area contributed by atoms with Gasteiger partial charge in [0.2, 0.25) is 5.91 Å². The summed E-state index contributed by atoms with van der Waals surface area (Å²) in [6.45, 7) is 0. The Morgan fingerprint density at radius 2 is 1.73 bits per heavy atom. The predicted molar refractivity (Wildman–Crippen MR) is 112 cm³/mol. The van der Waals surface area contributed by atoms with E-state index in [1.807, 2.05) is 36.7 Å². The standard InChI is InChI=1S/C25H24FN3O/c26-18-7-5-17(6-8-18)25(14-13-23(30)29-19-9-10-20(29)12-11-19)22-4-2-1-3-21(22)24-27-15-16-28(24)25/h1-8,15-16,19-20H,9-14H2/t19-,20-,25?. The third-order valence-corrected chi connectivity index (χ3v) is 7.43. The molecule has 0 aliphatic carbocycles. The molecule has 0 saturated carbocycles. The van der Waals surface area contributed by atoms with E-state index in [4.69, 9.17) is 0 Å². The van der Waals surface area contributed by atoms with Crippen LogP contribution in [0.25, 0.3) is 11.4 Å². The maximum Gasteiger partial charge on any atom is 0.223 e. The van der Waals surface area contributed by atoms with Crippen molar-refractivity contribution in [1.82, 2.24) is 14.5 Å². The van der Waals surface area contributed by atoms with Crippen LogP contribution in [0.2, 0.25) is 0 Å². The molecular formula is C25H24FN3O. The molecule has 1 aromatic heterocycles. The van der Waals surface area contributed by atoms with Gasteiger partial charge in [0.05, 0.1) is 5.54 Å². The van der Waals surface area contributed by atoms with Gasteiger partial charge >= 0.3 is 0 Å². The van der Waals surface area contributed by atoms with E-state index in [2.05, 4.69) is 26.6 Å². The molecule has 3 aromatic rings. The minimum atomic E-state index is -0.551. The number of amides is 1. The molecule has 3 aliphatic rings. The van der Waals surface area contributed by atoms with Gasteiger partial charge in [-0.05, 0) is 55.4 Å². The van der Waals surface area contributed by atoms with Crippen LogP contribution in [-0.4, -0.2) is 32.4 Å². The first-order valence-electron chi connectivity index (χ1n) is 10.9. The second kappa shape index (κ2) is 6.53. The average molecular weight is 401 g/mol. The van der Waals surface area contributed by atoms with Crippen LogP contribution in [0.1, 0.15) is 49.7 Å². The van der Waals surface area contributed by atoms with Gasteiger partial charge in [0.15, 0.2) is 0 Å². The quantitative estimate of drug-likeness (QED) is 0.634. The molecule has 2 fully saturated rings. The second-order valence-electron chi connectivity index (χ2n) is 8.80. The van der Waals surface area contributed by atoms with E-state index in [1.54, 1.807) is 0 Å². The van der Waals surface area contributed by atoms with Crippen LogP contribution < -0.4 is 0 Å². The number of aromatic nitrogens is 2. The molecule has 6 rings (SSSR count). The zero-order chi connectivity index (χ0) is 20.3. The topological polar surface area (TPSA) is 38.1 Å². The van der Waals surface area contributed by atoms with Gasteiger partial charge in [0.1, 0.15) is 11.6 Å². The Morgan fingerprint density at radius 3 is 2.47 bits per heavy atom. The van der Waals surface area contributed by atoms with E-state index in [-0.39, 0.29) is 11.7 Å². The maximum absolute atomic E-state index is 13.8. The van der Waals surface area contributed by atoms with Gasteiger partial charge in [-0.15, -0.1) is 0 Å². The van der Waals surface area contributed by atoms with Crippen molar-refractivity contribution in [3.05, 3.63) is 77.9 Å². The summed E-state index contributed by atoms with van der Waals surface area (Å²) in [4.78, 5) is 20.1. The summed E-state index contributed by atoms with van der Waals surface area (Å²) < 4.78 is 15.9. The number of carbonyl (C=O) groups excluding carboxylic acids is 1. The molecule has 1 amide bonds. The highest BCUT2D eigenvalue weighted by molar-refractivity contribution is 5.79. The van der Waals surface area contributed by atoms with Crippen molar-refractivity contribution in [2.75, 3.05) is 0 Å². The third kappa shape index (κ3) is 2.38. The summed E-state index contributed by atoms with van der Waals surface area (Å²) in [6, 6.07) is 15.9. The average Bonchev–Trinajstić information content (AvgIpc) is 3.54. The summed E-state index contributed by atoms with van der Waals surface area (Å²) in [7, 11) is 0. The molecule has 1 unspecified atom stereocenters. The third-order valence-electron chi connectivity index (χ3n) is 7.43. The summed E-state index contributed by atoms with van der Waals surface area (Å²) in [5, 5.41) is 0. The Balaban J connectivity index is 1.44. The van der Waals surface area contributed by atoms with Crippen LogP contribution in [-0.2, 0) is 10.3 Å². The molecule has 5 heteroatoms. The van der Waals surface area contributed by atoms with Crippen LogP contribution in [0.3, 0.4) is 0 Å². The largest absolute Gasteiger partial charge is 0.337 e. The minimum absolute atomic E-state index is 0.254. The molecule has 3 aliphatic heterocycles. The Morgan fingerprint density at radius 1 is 1.03 bits per heavy atom. The molecule has 30 heavy (non-hydrogen) atoms. The summed E-state index contributed by atoms with van der Waals surface area (Å²) in [5.74, 6) is 0.909. The monoisotopic (exact) mass is 401 g/mol. The van der Waals surface area contributed by atoms with Crippen molar-refractivity contribution < 1.29 is 9.18 Å². The number of carbonyl (C=O) groups is 1. The van der Waals surface area contributed by atoms with Gasteiger partial charge < -0.3 is 9.47 Å². The lowest BCUT2D eigenvalue weighted by Gasteiger charge is -2.34. The number of fused-ring (bicyclic) bond motifs is 5. The Bertz CT molecular complexity index is 1100. The van der Waals surface area contributed by atoms with Crippen LogP contribution in [0.5, 0.6) is 0 Å². The van der Waals surface area contributed by atoms with Gasteiger partial charge in [0.25, 0.3) is 0 Å². The lowest BCUT2D eigenvalue weighted by molar-refractivity contribution is -0.132. The van der Waals surface area contributed by atoms with Crippen LogP contribution in [0, 0.1) is 5.82 Å². The van der Waals surface area contributed by atoms with E-state index < -0.39 is 5.54 Å². The fourth-order valence-electron chi connectivity index (χ4n) is 6.14. The fraction of sp³-hybridized carbons (Fsp3) is 0.360. The summed E-state index contributed by atoms with van der Waals surface area (Å²) in [5.41, 5.74) is 2.66. The maximum atomic E-state index is 13.8. The Labute approximate surface area is 175 Å². The van der Waals surface area contributed by atoms with E-state index in [0.29, 0.717) is 24.9 Å². The van der Waals surface area contributed by atoms with Crippen LogP contribution in [0.15, 0.2) is 60.9 Å². The first-order valence-corrected chi connectivity index (χ1v) is 10.9. The molecular weight excluding hydrogens is 377 g/mol. The highest BCUT2D eigenvalue weighted by atomic mass is 19.1. The number of hydrogen-bond acceptors (Lipinski definition) is 2. The van der Waals surface area contributed by atoms with Crippen molar-refractivity contribution in [2.24, 2.45) is 0 Å². The van der Waals surface area contributed by atoms with Crippen molar-refractivity contribution in [3.63, 3.8) is 0 Å². The predicted octanol–water partition coefficient (Wildman–Crippen LogP) is 4.73. The molecule has 2 bridgehead atoms. The SMILES string of the molecule is O=C(CCC1(c2ccc(F)cc2)c2ccccc2-c2nccn21)N1[C@H]2CC[C@H]1CC2. The zero-order valence-electron chi connectivity index (χ0n) is 16.8. The molecule has 152 valence electrons. The lowest BCUT2D eigenvalue weighted by atomic mass is 9.79. The number of halogens is 1. The minimum Gasteiger partial charge on any atom is -0.337 e. The number of nitrogens with zero attached hydrogens (tertiary/aromatic N) is 3. The number of imidazole rings is 1. The van der Waals surface area contributed by atoms with E-state index in [9.17, 15) is 9.18 Å².